The van der Waals surface area contributed by atoms with Crippen LogP contribution >= 0.6 is 0 Å². The van der Waals surface area contributed by atoms with Gasteiger partial charge in [0.2, 0.25) is 0 Å². The van der Waals surface area contributed by atoms with Crippen LogP contribution in [0.4, 0.5) is 0 Å². The first-order chi connectivity index (χ1) is 8.32. The number of carbonyl (C=O) groups excluding carboxylic acids is 1. The maximum atomic E-state index is 12.2. The van der Waals surface area contributed by atoms with Crippen LogP contribution in [0.15, 0.2) is 0 Å². The first-order valence-electron chi connectivity index (χ1n) is 7.56. The highest BCUT2D eigenvalue weighted by molar-refractivity contribution is 5.83. The second-order valence-corrected chi connectivity index (χ2v) is 7.71. The SMILES string of the molecule is CCC(C)(O)C12CC3CC(CC(C(C)=O)(C3)C1)C2. The van der Waals surface area contributed by atoms with Crippen molar-refractivity contribution < 1.29 is 9.90 Å². The average Bonchev–Trinajstić information content (AvgIpc) is 2.26. The van der Waals surface area contributed by atoms with Gasteiger partial charge in [-0.05, 0) is 70.6 Å². The lowest BCUT2D eigenvalue weighted by Crippen LogP contribution is -2.61. The fourth-order valence-electron chi connectivity index (χ4n) is 5.68. The molecule has 2 heteroatoms. The molecule has 0 amide bonds. The van der Waals surface area contributed by atoms with E-state index in [1.807, 2.05) is 6.92 Å². The van der Waals surface area contributed by atoms with Crippen LogP contribution in [0.25, 0.3) is 0 Å². The van der Waals surface area contributed by atoms with Gasteiger partial charge in [0.1, 0.15) is 5.78 Å². The van der Waals surface area contributed by atoms with Gasteiger partial charge in [0.25, 0.3) is 0 Å². The zero-order chi connectivity index (χ0) is 13.2. The van der Waals surface area contributed by atoms with Crippen molar-refractivity contribution in [3.63, 3.8) is 0 Å². The smallest absolute Gasteiger partial charge is 0.136 e. The Bertz CT molecular complexity index is 369. The molecule has 4 aliphatic carbocycles. The monoisotopic (exact) mass is 250 g/mol. The molecule has 102 valence electrons. The summed E-state index contributed by atoms with van der Waals surface area (Å²) in [5.41, 5.74) is -0.647. The number of hydrogen-bond acceptors (Lipinski definition) is 2. The summed E-state index contributed by atoms with van der Waals surface area (Å²) in [6.45, 7) is 5.87. The molecule has 4 saturated carbocycles. The van der Waals surface area contributed by atoms with E-state index in [1.54, 1.807) is 6.92 Å². The summed E-state index contributed by atoms with van der Waals surface area (Å²) in [6, 6.07) is 0. The number of hydrogen-bond donors (Lipinski definition) is 1. The highest BCUT2D eigenvalue weighted by Gasteiger charge is 2.63. The van der Waals surface area contributed by atoms with Gasteiger partial charge in [-0.15, -0.1) is 0 Å². The summed E-state index contributed by atoms with van der Waals surface area (Å²) < 4.78 is 0. The van der Waals surface area contributed by atoms with E-state index in [-0.39, 0.29) is 10.8 Å². The van der Waals surface area contributed by atoms with E-state index < -0.39 is 5.60 Å². The highest BCUT2D eigenvalue weighted by Crippen LogP contribution is 2.68. The van der Waals surface area contributed by atoms with Gasteiger partial charge in [0, 0.05) is 10.8 Å². The second kappa shape index (κ2) is 3.59. The molecule has 1 N–H and O–H groups in total. The predicted octanol–water partition coefficient (Wildman–Crippen LogP) is 3.32. The van der Waals surface area contributed by atoms with E-state index in [0.717, 1.165) is 38.5 Å². The fraction of sp³-hybridized carbons (Fsp3) is 0.938. The third kappa shape index (κ3) is 1.47. The lowest BCUT2D eigenvalue weighted by Gasteiger charge is -2.65. The molecule has 0 aromatic rings. The number of rotatable bonds is 3. The third-order valence-electron chi connectivity index (χ3n) is 6.64. The molecule has 0 aromatic carbocycles. The maximum Gasteiger partial charge on any atom is 0.136 e. The van der Waals surface area contributed by atoms with Crippen LogP contribution in [0, 0.1) is 22.7 Å². The summed E-state index contributed by atoms with van der Waals surface area (Å²) >= 11 is 0. The van der Waals surface area contributed by atoms with E-state index in [1.165, 1.54) is 6.42 Å². The summed E-state index contributed by atoms with van der Waals surface area (Å²) in [5, 5.41) is 10.9. The Morgan fingerprint density at radius 1 is 1.28 bits per heavy atom. The lowest BCUT2D eigenvalue weighted by atomic mass is 9.40. The van der Waals surface area contributed by atoms with Crippen molar-refractivity contribution in [2.75, 3.05) is 0 Å². The first kappa shape index (κ1) is 12.7. The molecule has 0 aliphatic heterocycles. The van der Waals surface area contributed by atoms with Crippen LogP contribution < -0.4 is 0 Å². The largest absolute Gasteiger partial charge is 0.390 e. The van der Waals surface area contributed by atoms with Crippen LogP contribution in [-0.2, 0) is 4.79 Å². The Morgan fingerprint density at radius 2 is 1.83 bits per heavy atom. The Hall–Kier alpha value is -0.370. The summed E-state index contributed by atoms with van der Waals surface area (Å²) in [5.74, 6) is 1.76. The second-order valence-electron chi connectivity index (χ2n) is 7.71. The molecule has 3 atom stereocenters. The molecule has 0 spiro atoms. The average molecular weight is 250 g/mol. The van der Waals surface area contributed by atoms with Crippen molar-refractivity contribution in [3.05, 3.63) is 0 Å². The molecule has 2 nitrogen and oxygen atoms in total. The molecule has 0 radical (unpaired) electrons. The van der Waals surface area contributed by atoms with Crippen molar-refractivity contribution in [3.8, 4) is 0 Å². The lowest BCUT2D eigenvalue weighted by molar-refractivity contribution is -0.200. The van der Waals surface area contributed by atoms with Gasteiger partial charge in [-0.3, -0.25) is 4.79 Å². The van der Waals surface area contributed by atoms with E-state index in [4.69, 9.17) is 0 Å². The molecule has 4 rings (SSSR count). The van der Waals surface area contributed by atoms with E-state index in [0.29, 0.717) is 17.6 Å². The van der Waals surface area contributed by atoms with Gasteiger partial charge in [-0.1, -0.05) is 6.92 Å². The molecule has 0 saturated heterocycles. The molecular weight excluding hydrogens is 224 g/mol. The van der Waals surface area contributed by atoms with Gasteiger partial charge >= 0.3 is 0 Å². The summed E-state index contributed by atoms with van der Waals surface area (Å²) in [6.07, 6.45) is 7.56. The zero-order valence-corrected chi connectivity index (χ0v) is 12.0. The van der Waals surface area contributed by atoms with Crippen molar-refractivity contribution in [1.29, 1.82) is 0 Å². The Morgan fingerprint density at radius 3 is 2.28 bits per heavy atom. The first-order valence-corrected chi connectivity index (χ1v) is 7.56. The molecular formula is C16H26O2. The van der Waals surface area contributed by atoms with Crippen LogP contribution in [-0.4, -0.2) is 16.5 Å². The van der Waals surface area contributed by atoms with Crippen LogP contribution in [0.2, 0.25) is 0 Å². The Balaban J connectivity index is 2.02. The molecule has 0 aromatic heterocycles. The molecule has 3 unspecified atom stereocenters. The molecule has 4 aliphatic rings. The number of aliphatic hydroxyl groups is 1. The van der Waals surface area contributed by atoms with Crippen molar-refractivity contribution in [1.82, 2.24) is 0 Å². The van der Waals surface area contributed by atoms with E-state index in [2.05, 4.69) is 6.92 Å². The van der Waals surface area contributed by atoms with Gasteiger partial charge in [0.15, 0.2) is 0 Å². The van der Waals surface area contributed by atoms with Crippen LogP contribution in [0.3, 0.4) is 0 Å². The minimum atomic E-state index is -0.592. The molecule has 0 heterocycles. The van der Waals surface area contributed by atoms with Gasteiger partial charge in [-0.2, -0.15) is 0 Å². The number of Topliss-reactive ketones (excluding diaryl/α,β-unsaturated/α-hetero) is 1. The Kier molecular flexibility index (Phi) is 2.53. The van der Waals surface area contributed by atoms with E-state index >= 15 is 0 Å². The number of carbonyl (C=O) groups is 1. The summed E-state index contributed by atoms with van der Waals surface area (Å²) in [7, 11) is 0. The summed E-state index contributed by atoms with van der Waals surface area (Å²) in [4.78, 5) is 12.2. The standard InChI is InChI=1S/C16H26O2/c1-4-14(3,18)16-8-12-5-13(9-16)7-15(6-12,10-16)11(2)17/h12-13,18H,4-10H2,1-3H3. The van der Waals surface area contributed by atoms with Gasteiger partial charge in [0.05, 0.1) is 5.60 Å². The van der Waals surface area contributed by atoms with Crippen LogP contribution in [0.1, 0.15) is 65.7 Å². The van der Waals surface area contributed by atoms with Crippen molar-refractivity contribution in [2.24, 2.45) is 22.7 Å². The van der Waals surface area contributed by atoms with Crippen LogP contribution in [0.5, 0.6) is 0 Å². The molecule has 18 heavy (non-hydrogen) atoms. The normalized spacial score (nSPS) is 49.1. The van der Waals surface area contributed by atoms with Gasteiger partial charge in [-0.25, -0.2) is 0 Å². The van der Waals surface area contributed by atoms with Crippen molar-refractivity contribution >= 4 is 5.78 Å². The minimum Gasteiger partial charge on any atom is -0.390 e. The zero-order valence-electron chi connectivity index (χ0n) is 12.0. The Labute approximate surface area is 110 Å². The predicted molar refractivity (Wildman–Crippen MR) is 71.1 cm³/mol. The molecule has 4 bridgehead atoms. The number of ketones is 1. The van der Waals surface area contributed by atoms with Gasteiger partial charge < -0.3 is 5.11 Å². The molecule has 4 fully saturated rings. The third-order valence-corrected chi connectivity index (χ3v) is 6.64. The minimum absolute atomic E-state index is 0.0253. The highest BCUT2D eigenvalue weighted by atomic mass is 16.3. The van der Waals surface area contributed by atoms with Crippen molar-refractivity contribution in [2.45, 2.75) is 71.3 Å². The maximum absolute atomic E-state index is 12.2. The fourth-order valence-corrected chi connectivity index (χ4v) is 5.68. The topological polar surface area (TPSA) is 37.3 Å². The quantitative estimate of drug-likeness (QED) is 0.834. The van der Waals surface area contributed by atoms with E-state index in [9.17, 15) is 9.90 Å².